The molecule has 4 aromatic carbocycles. The second kappa shape index (κ2) is 11.2. The molecule has 0 spiro atoms. The van der Waals surface area contributed by atoms with Gasteiger partial charge in [0.25, 0.3) is 5.91 Å². The van der Waals surface area contributed by atoms with Crippen molar-refractivity contribution in [2.75, 3.05) is 6.61 Å². The van der Waals surface area contributed by atoms with E-state index in [0.717, 1.165) is 10.8 Å². The number of fused-ring (bicyclic) bond motifs is 1. The summed E-state index contributed by atoms with van der Waals surface area (Å²) in [5.74, 6) is -0.524. The summed E-state index contributed by atoms with van der Waals surface area (Å²) in [5.41, 5.74) is 3.06. The monoisotopic (exact) mass is 526 g/mol. The number of hydrogen-bond donors (Lipinski definition) is 1. The standard InChI is InChI=1S/C26H17Cl3N2O4/c27-17-10-11-19(22(29)13-17)26(33)35-23-12-9-16-5-1-2-6-18(16)20(23)14-30-31-25(32)15-34-24-8-4-3-7-21(24)28/h1-14H,15H2,(H,31,32)/b30-14+. The number of carbonyl (C=O) groups is 2. The zero-order chi connectivity index (χ0) is 24.8. The van der Waals surface area contributed by atoms with Gasteiger partial charge in [-0.25, -0.2) is 10.2 Å². The van der Waals surface area contributed by atoms with E-state index in [-0.39, 0.29) is 22.9 Å². The molecule has 0 saturated carbocycles. The third kappa shape index (κ3) is 6.11. The van der Waals surface area contributed by atoms with Crippen molar-refractivity contribution in [2.45, 2.75) is 0 Å². The first kappa shape index (κ1) is 24.5. The molecular formula is C26H17Cl3N2O4. The predicted octanol–water partition coefficient (Wildman–Crippen LogP) is 6.55. The maximum absolute atomic E-state index is 12.8. The van der Waals surface area contributed by atoms with Crippen LogP contribution in [0.3, 0.4) is 0 Å². The zero-order valence-electron chi connectivity index (χ0n) is 18.0. The van der Waals surface area contributed by atoms with Gasteiger partial charge in [0.15, 0.2) is 6.61 Å². The number of halogens is 3. The van der Waals surface area contributed by atoms with Crippen LogP contribution in [0.2, 0.25) is 15.1 Å². The van der Waals surface area contributed by atoms with E-state index in [2.05, 4.69) is 10.5 Å². The number of hydrogen-bond acceptors (Lipinski definition) is 5. The van der Waals surface area contributed by atoms with Crippen LogP contribution in [0.1, 0.15) is 15.9 Å². The van der Waals surface area contributed by atoms with E-state index in [0.29, 0.717) is 21.4 Å². The molecule has 35 heavy (non-hydrogen) atoms. The van der Waals surface area contributed by atoms with Gasteiger partial charge in [-0.3, -0.25) is 4.79 Å². The van der Waals surface area contributed by atoms with Crippen LogP contribution in [0, 0.1) is 0 Å². The highest BCUT2D eigenvalue weighted by Gasteiger charge is 2.16. The van der Waals surface area contributed by atoms with Crippen molar-refractivity contribution >= 4 is 63.7 Å². The van der Waals surface area contributed by atoms with Gasteiger partial charge in [-0.15, -0.1) is 0 Å². The molecule has 0 bridgehead atoms. The molecule has 176 valence electrons. The summed E-state index contributed by atoms with van der Waals surface area (Å²) in [5, 5.41) is 6.66. The van der Waals surface area contributed by atoms with Crippen LogP contribution in [0.15, 0.2) is 84.0 Å². The highest BCUT2D eigenvalue weighted by atomic mass is 35.5. The van der Waals surface area contributed by atoms with Crippen LogP contribution >= 0.6 is 34.8 Å². The van der Waals surface area contributed by atoms with E-state index in [1.54, 1.807) is 36.4 Å². The molecule has 0 fully saturated rings. The molecular weight excluding hydrogens is 511 g/mol. The summed E-state index contributed by atoms with van der Waals surface area (Å²) in [6.07, 6.45) is 1.40. The molecule has 0 saturated heterocycles. The van der Waals surface area contributed by atoms with Crippen molar-refractivity contribution in [3.8, 4) is 11.5 Å². The van der Waals surface area contributed by atoms with Gasteiger partial charge >= 0.3 is 5.97 Å². The minimum Gasteiger partial charge on any atom is -0.482 e. The Morgan fingerprint density at radius 1 is 0.857 bits per heavy atom. The molecule has 6 nitrogen and oxygen atoms in total. The normalized spacial score (nSPS) is 10.9. The van der Waals surface area contributed by atoms with E-state index >= 15 is 0 Å². The summed E-state index contributed by atoms with van der Waals surface area (Å²) in [6, 6.07) is 22.3. The first-order valence-electron chi connectivity index (χ1n) is 10.3. The van der Waals surface area contributed by atoms with E-state index in [4.69, 9.17) is 44.3 Å². The molecule has 4 aromatic rings. The van der Waals surface area contributed by atoms with Crippen LogP contribution in [0.25, 0.3) is 10.8 Å². The predicted molar refractivity (Wildman–Crippen MR) is 138 cm³/mol. The minimum absolute atomic E-state index is 0.164. The third-order valence-corrected chi connectivity index (χ3v) is 5.72. The van der Waals surface area contributed by atoms with E-state index in [9.17, 15) is 9.59 Å². The lowest BCUT2D eigenvalue weighted by Gasteiger charge is -2.11. The second-order valence-corrected chi connectivity index (χ2v) is 8.48. The molecule has 0 aliphatic heterocycles. The smallest absolute Gasteiger partial charge is 0.345 e. The Kier molecular flexibility index (Phi) is 7.87. The van der Waals surface area contributed by atoms with Crippen LogP contribution in [0.5, 0.6) is 11.5 Å². The number of ether oxygens (including phenoxy) is 2. The highest BCUT2D eigenvalue weighted by molar-refractivity contribution is 6.36. The average molecular weight is 528 g/mol. The molecule has 0 heterocycles. The lowest BCUT2D eigenvalue weighted by molar-refractivity contribution is -0.123. The Hall–Kier alpha value is -3.58. The molecule has 9 heteroatoms. The molecule has 1 N–H and O–H groups in total. The fourth-order valence-electron chi connectivity index (χ4n) is 3.21. The molecule has 0 atom stereocenters. The molecule has 1 amide bonds. The maximum atomic E-state index is 12.8. The van der Waals surface area contributed by atoms with Crippen molar-refractivity contribution in [3.05, 3.63) is 105 Å². The second-order valence-electron chi connectivity index (χ2n) is 7.22. The topological polar surface area (TPSA) is 77.0 Å². The fourth-order valence-corrected chi connectivity index (χ4v) is 3.89. The fraction of sp³-hybridized carbons (Fsp3) is 0.0385. The van der Waals surface area contributed by atoms with Gasteiger partial charge in [-0.2, -0.15) is 5.10 Å². The zero-order valence-corrected chi connectivity index (χ0v) is 20.3. The number of nitrogens with zero attached hydrogens (tertiary/aromatic N) is 1. The third-order valence-electron chi connectivity index (χ3n) is 4.86. The van der Waals surface area contributed by atoms with Gasteiger partial charge in [0.2, 0.25) is 0 Å². The number of hydrazone groups is 1. The molecule has 0 aliphatic carbocycles. The number of carbonyl (C=O) groups excluding carboxylic acids is 2. The van der Waals surface area contributed by atoms with E-state index in [1.165, 1.54) is 18.3 Å². The summed E-state index contributed by atoms with van der Waals surface area (Å²) >= 11 is 18.1. The van der Waals surface area contributed by atoms with Crippen LogP contribution < -0.4 is 14.9 Å². The summed E-state index contributed by atoms with van der Waals surface area (Å²) in [4.78, 5) is 25.0. The Morgan fingerprint density at radius 3 is 2.43 bits per heavy atom. The quantitative estimate of drug-likeness (QED) is 0.128. The van der Waals surface area contributed by atoms with Crippen molar-refractivity contribution in [2.24, 2.45) is 5.10 Å². The number of rotatable bonds is 7. The van der Waals surface area contributed by atoms with Crippen molar-refractivity contribution < 1.29 is 19.1 Å². The number of nitrogens with one attached hydrogen (secondary N) is 1. The molecule has 0 unspecified atom stereocenters. The average Bonchev–Trinajstić information content (AvgIpc) is 2.84. The molecule has 0 aromatic heterocycles. The number of para-hydroxylation sites is 1. The summed E-state index contributed by atoms with van der Waals surface area (Å²) in [6.45, 7) is -0.284. The van der Waals surface area contributed by atoms with Crippen molar-refractivity contribution in [3.63, 3.8) is 0 Å². The van der Waals surface area contributed by atoms with Crippen molar-refractivity contribution in [1.82, 2.24) is 5.43 Å². The number of benzene rings is 4. The summed E-state index contributed by atoms with van der Waals surface area (Å²) in [7, 11) is 0. The van der Waals surface area contributed by atoms with Gasteiger partial charge in [0.1, 0.15) is 11.5 Å². The molecule has 4 rings (SSSR count). The lowest BCUT2D eigenvalue weighted by Crippen LogP contribution is -2.24. The first-order valence-corrected chi connectivity index (χ1v) is 11.4. The van der Waals surface area contributed by atoms with E-state index in [1.807, 2.05) is 30.3 Å². The molecule has 0 radical (unpaired) electrons. The maximum Gasteiger partial charge on any atom is 0.345 e. The van der Waals surface area contributed by atoms with Crippen LogP contribution in [-0.4, -0.2) is 24.7 Å². The minimum atomic E-state index is -0.659. The Labute approximate surface area is 216 Å². The van der Waals surface area contributed by atoms with Crippen molar-refractivity contribution in [1.29, 1.82) is 0 Å². The van der Waals surface area contributed by atoms with Gasteiger partial charge in [-0.05, 0) is 47.2 Å². The van der Waals surface area contributed by atoms with Gasteiger partial charge in [-0.1, -0.05) is 77.3 Å². The highest BCUT2D eigenvalue weighted by Crippen LogP contribution is 2.29. The first-order chi connectivity index (χ1) is 16.9. The van der Waals surface area contributed by atoms with Crippen LogP contribution in [0.4, 0.5) is 0 Å². The van der Waals surface area contributed by atoms with Gasteiger partial charge in [0.05, 0.1) is 21.8 Å². The largest absolute Gasteiger partial charge is 0.482 e. The lowest BCUT2D eigenvalue weighted by atomic mass is 10.0. The van der Waals surface area contributed by atoms with E-state index < -0.39 is 11.9 Å². The number of amides is 1. The number of esters is 1. The van der Waals surface area contributed by atoms with Gasteiger partial charge in [0, 0.05) is 10.6 Å². The SMILES string of the molecule is O=C(COc1ccccc1Cl)N/N=C/c1c(OC(=O)c2ccc(Cl)cc2Cl)ccc2ccccc12. The van der Waals surface area contributed by atoms with Gasteiger partial charge < -0.3 is 9.47 Å². The van der Waals surface area contributed by atoms with Crippen LogP contribution in [-0.2, 0) is 4.79 Å². The summed E-state index contributed by atoms with van der Waals surface area (Å²) < 4.78 is 11.0. The Bertz CT molecular complexity index is 1440. The molecule has 0 aliphatic rings. The Balaban J connectivity index is 1.53. The Morgan fingerprint density at radius 2 is 1.63 bits per heavy atom.